The van der Waals surface area contributed by atoms with Crippen LogP contribution in [-0.2, 0) is 14.3 Å². The average Bonchev–Trinajstić information content (AvgIpc) is 2.56. The monoisotopic (exact) mass is 241 g/mol. The molecular formula is C8H10F3NO4. The van der Waals surface area contributed by atoms with Crippen LogP contribution in [-0.4, -0.2) is 53.9 Å². The number of hydrogen-bond acceptors (Lipinski definition) is 4. The standard InChI is InChI=1S/C8H10F3NO4/c1-16-6(14)5-4(13)2-3-12(5)7(15)8(9,10)11/h4-5,13H,2-3H2,1H3/t4-,5+/m1/s1. The van der Waals surface area contributed by atoms with Crippen molar-refractivity contribution in [2.75, 3.05) is 13.7 Å². The largest absolute Gasteiger partial charge is 0.471 e. The number of methoxy groups -OCH3 is 1. The van der Waals surface area contributed by atoms with E-state index in [4.69, 9.17) is 0 Å². The summed E-state index contributed by atoms with van der Waals surface area (Å²) in [6.45, 7) is -0.320. The number of aliphatic hydroxyl groups excluding tert-OH is 1. The van der Waals surface area contributed by atoms with E-state index in [9.17, 15) is 27.9 Å². The lowest BCUT2D eigenvalue weighted by molar-refractivity contribution is -0.189. The van der Waals surface area contributed by atoms with E-state index in [2.05, 4.69) is 4.74 Å². The Morgan fingerprint density at radius 2 is 2.00 bits per heavy atom. The van der Waals surface area contributed by atoms with E-state index in [1.165, 1.54) is 0 Å². The molecule has 1 heterocycles. The minimum atomic E-state index is -5.06. The van der Waals surface area contributed by atoms with E-state index >= 15 is 0 Å². The van der Waals surface area contributed by atoms with E-state index in [1.54, 1.807) is 0 Å². The van der Waals surface area contributed by atoms with Gasteiger partial charge in [0.1, 0.15) is 0 Å². The molecule has 1 fully saturated rings. The first-order chi connectivity index (χ1) is 7.29. The molecule has 8 heteroatoms. The summed E-state index contributed by atoms with van der Waals surface area (Å²) >= 11 is 0. The lowest BCUT2D eigenvalue weighted by Gasteiger charge is -2.24. The van der Waals surface area contributed by atoms with Crippen molar-refractivity contribution < 1.29 is 32.6 Å². The molecule has 1 saturated heterocycles. The highest BCUT2D eigenvalue weighted by Crippen LogP contribution is 2.26. The van der Waals surface area contributed by atoms with Crippen molar-refractivity contribution in [3.63, 3.8) is 0 Å². The molecule has 1 amide bonds. The molecule has 1 aliphatic rings. The van der Waals surface area contributed by atoms with Crippen LogP contribution in [0.25, 0.3) is 0 Å². The third-order valence-corrected chi connectivity index (χ3v) is 2.31. The SMILES string of the molecule is COC(=O)[C@@H]1[C@H](O)CCN1C(=O)C(F)(F)F. The van der Waals surface area contributed by atoms with Crippen LogP contribution in [0.4, 0.5) is 13.2 Å². The number of nitrogens with zero attached hydrogens (tertiary/aromatic N) is 1. The maximum Gasteiger partial charge on any atom is 0.471 e. The van der Waals surface area contributed by atoms with Crippen LogP contribution >= 0.6 is 0 Å². The smallest absolute Gasteiger partial charge is 0.467 e. The molecular weight excluding hydrogens is 231 g/mol. The predicted octanol–water partition coefficient (Wildman–Crippen LogP) is -0.317. The van der Waals surface area contributed by atoms with Gasteiger partial charge in [0.25, 0.3) is 0 Å². The molecule has 16 heavy (non-hydrogen) atoms. The normalized spacial score (nSPS) is 25.7. The first-order valence-corrected chi connectivity index (χ1v) is 4.42. The van der Waals surface area contributed by atoms with Crippen molar-refractivity contribution in [1.29, 1.82) is 0 Å². The fourth-order valence-corrected chi connectivity index (χ4v) is 1.57. The fourth-order valence-electron chi connectivity index (χ4n) is 1.57. The zero-order chi connectivity index (χ0) is 12.5. The van der Waals surface area contributed by atoms with Crippen molar-refractivity contribution in [3.05, 3.63) is 0 Å². The third kappa shape index (κ3) is 2.26. The zero-order valence-electron chi connectivity index (χ0n) is 8.32. The minimum absolute atomic E-state index is 0.0818. The maximum absolute atomic E-state index is 12.1. The quantitative estimate of drug-likeness (QED) is 0.639. The van der Waals surface area contributed by atoms with E-state index < -0.39 is 30.2 Å². The molecule has 0 aromatic rings. The highest BCUT2D eigenvalue weighted by Gasteiger charge is 2.51. The molecule has 0 spiro atoms. The number of likely N-dealkylation sites (tertiary alicyclic amines) is 1. The van der Waals surface area contributed by atoms with Crippen molar-refractivity contribution in [3.8, 4) is 0 Å². The van der Waals surface area contributed by atoms with Crippen molar-refractivity contribution in [2.45, 2.75) is 24.7 Å². The number of carbonyl (C=O) groups is 2. The second-order valence-corrected chi connectivity index (χ2v) is 3.32. The molecule has 0 unspecified atom stereocenters. The summed E-state index contributed by atoms with van der Waals surface area (Å²) in [6, 6.07) is -1.57. The third-order valence-electron chi connectivity index (χ3n) is 2.31. The molecule has 0 bridgehead atoms. The maximum atomic E-state index is 12.1. The van der Waals surface area contributed by atoms with Gasteiger partial charge in [0.2, 0.25) is 0 Å². The van der Waals surface area contributed by atoms with Gasteiger partial charge in [-0.05, 0) is 6.42 Å². The van der Waals surface area contributed by atoms with Gasteiger partial charge in [0.15, 0.2) is 6.04 Å². The second-order valence-electron chi connectivity index (χ2n) is 3.32. The Labute approximate surface area is 88.8 Å². The predicted molar refractivity (Wildman–Crippen MR) is 44.2 cm³/mol. The van der Waals surface area contributed by atoms with Crippen molar-refractivity contribution >= 4 is 11.9 Å². The Morgan fingerprint density at radius 1 is 1.44 bits per heavy atom. The van der Waals surface area contributed by atoms with Gasteiger partial charge in [-0.1, -0.05) is 0 Å². The zero-order valence-corrected chi connectivity index (χ0v) is 8.32. The molecule has 0 aliphatic carbocycles. The first-order valence-electron chi connectivity index (χ1n) is 4.42. The molecule has 92 valence electrons. The number of aliphatic hydroxyl groups is 1. The lowest BCUT2D eigenvalue weighted by Crippen LogP contribution is -2.50. The first kappa shape index (κ1) is 12.8. The summed E-state index contributed by atoms with van der Waals surface area (Å²) in [5.41, 5.74) is 0. The topological polar surface area (TPSA) is 66.8 Å². The molecule has 1 rings (SSSR count). The Hall–Kier alpha value is -1.31. The van der Waals surface area contributed by atoms with Crippen LogP contribution in [0.3, 0.4) is 0 Å². The highest BCUT2D eigenvalue weighted by molar-refractivity contribution is 5.88. The number of esters is 1. The fraction of sp³-hybridized carbons (Fsp3) is 0.750. The van der Waals surface area contributed by atoms with Crippen molar-refractivity contribution in [2.24, 2.45) is 0 Å². The van der Waals surface area contributed by atoms with E-state index in [0.717, 1.165) is 7.11 Å². The lowest BCUT2D eigenvalue weighted by atomic mass is 10.2. The number of amides is 1. The van der Waals surface area contributed by atoms with Gasteiger partial charge in [0.05, 0.1) is 13.2 Å². The van der Waals surface area contributed by atoms with Crippen LogP contribution < -0.4 is 0 Å². The molecule has 5 nitrogen and oxygen atoms in total. The average molecular weight is 241 g/mol. The molecule has 2 atom stereocenters. The number of hydrogen-bond donors (Lipinski definition) is 1. The minimum Gasteiger partial charge on any atom is -0.467 e. The molecule has 0 aromatic heterocycles. The number of rotatable bonds is 1. The summed E-state index contributed by atoms with van der Waals surface area (Å²) < 4.78 is 40.7. The number of ether oxygens (including phenoxy) is 1. The molecule has 0 radical (unpaired) electrons. The van der Waals surface area contributed by atoms with Crippen molar-refractivity contribution in [1.82, 2.24) is 4.90 Å². The van der Waals surface area contributed by atoms with Crippen LogP contribution in [0.2, 0.25) is 0 Å². The summed E-state index contributed by atoms with van der Waals surface area (Å²) in [7, 11) is 0.976. The number of alkyl halides is 3. The Morgan fingerprint density at radius 3 is 2.44 bits per heavy atom. The Balaban J connectivity index is 2.88. The van der Waals surface area contributed by atoms with Gasteiger partial charge in [-0.25, -0.2) is 4.79 Å². The Bertz CT molecular complexity index is 304. The highest BCUT2D eigenvalue weighted by atomic mass is 19.4. The molecule has 1 aliphatic heterocycles. The van der Waals surface area contributed by atoms with E-state index in [1.807, 2.05) is 0 Å². The molecule has 1 N–H and O–H groups in total. The van der Waals surface area contributed by atoms with Gasteiger partial charge in [0, 0.05) is 6.54 Å². The number of carbonyl (C=O) groups excluding carboxylic acids is 2. The number of halogens is 3. The Kier molecular flexibility index (Phi) is 3.41. The van der Waals surface area contributed by atoms with Gasteiger partial charge >= 0.3 is 18.1 Å². The molecule has 0 saturated carbocycles. The molecule has 0 aromatic carbocycles. The van der Waals surface area contributed by atoms with Gasteiger partial charge < -0.3 is 14.7 Å². The van der Waals surface area contributed by atoms with Gasteiger partial charge in [-0.2, -0.15) is 13.2 Å². The van der Waals surface area contributed by atoms with E-state index in [0.29, 0.717) is 0 Å². The van der Waals surface area contributed by atoms with Crippen LogP contribution in [0, 0.1) is 0 Å². The van der Waals surface area contributed by atoms with Crippen LogP contribution in [0.1, 0.15) is 6.42 Å². The van der Waals surface area contributed by atoms with Crippen LogP contribution in [0.5, 0.6) is 0 Å². The summed E-state index contributed by atoms with van der Waals surface area (Å²) in [4.78, 5) is 22.3. The summed E-state index contributed by atoms with van der Waals surface area (Å²) in [5, 5.41) is 9.31. The van der Waals surface area contributed by atoms with Crippen LogP contribution in [0.15, 0.2) is 0 Å². The van der Waals surface area contributed by atoms with E-state index in [-0.39, 0.29) is 17.9 Å². The van der Waals surface area contributed by atoms with Gasteiger partial charge in [-0.15, -0.1) is 0 Å². The summed E-state index contributed by atoms with van der Waals surface area (Å²) in [5.74, 6) is -3.19. The van der Waals surface area contributed by atoms with Gasteiger partial charge in [-0.3, -0.25) is 4.79 Å². The summed E-state index contributed by atoms with van der Waals surface area (Å²) in [6.07, 6.45) is -6.46. The second kappa shape index (κ2) is 4.28.